The summed E-state index contributed by atoms with van der Waals surface area (Å²) >= 11 is 0. The Labute approximate surface area is 127 Å². The van der Waals surface area contributed by atoms with Gasteiger partial charge < -0.3 is 15.0 Å². The Morgan fingerprint density at radius 1 is 1.23 bits per heavy atom. The minimum atomic E-state index is -4.55. The number of amides is 1. The number of nitrogens with zero attached hydrogens (tertiary/aromatic N) is 1. The van der Waals surface area contributed by atoms with Crippen LogP contribution in [0.2, 0.25) is 0 Å². The number of nitrogens with one attached hydrogen (secondary N) is 1. The van der Waals surface area contributed by atoms with E-state index in [1.165, 1.54) is 24.3 Å². The zero-order valence-corrected chi connectivity index (χ0v) is 12.1. The number of halogens is 3. The third-order valence-corrected chi connectivity index (χ3v) is 3.47. The van der Waals surface area contributed by atoms with Gasteiger partial charge in [0.2, 0.25) is 5.91 Å². The summed E-state index contributed by atoms with van der Waals surface area (Å²) in [4.78, 5) is 13.6. The number of alkyl halides is 3. The molecule has 1 heterocycles. The fraction of sp³-hybridized carbons (Fsp3) is 0.533. The summed E-state index contributed by atoms with van der Waals surface area (Å²) in [5.74, 6) is -0.408. The molecule has 0 aliphatic carbocycles. The first-order valence-corrected chi connectivity index (χ1v) is 7.20. The fourth-order valence-electron chi connectivity index (χ4n) is 2.35. The highest BCUT2D eigenvalue weighted by Gasteiger charge is 2.42. The van der Waals surface area contributed by atoms with Crippen LogP contribution in [0, 0.1) is 0 Å². The lowest BCUT2D eigenvalue weighted by atomic mass is 10.1. The smallest absolute Gasteiger partial charge is 0.354 e. The second-order valence-corrected chi connectivity index (χ2v) is 5.13. The number of ether oxygens (including phenoxy) is 1. The van der Waals surface area contributed by atoms with E-state index in [1.54, 1.807) is 11.0 Å². The first-order chi connectivity index (χ1) is 10.5. The van der Waals surface area contributed by atoms with Gasteiger partial charge in [-0.1, -0.05) is 30.3 Å². The van der Waals surface area contributed by atoms with Gasteiger partial charge in [0, 0.05) is 19.6 Å². The highest BCUT2D eigenvalue weighted by atomic mass is 19.4. The second kappa shape index (κ2) is 7.60. The molecule has 1 aromatic carbocycles. The predicted molar refractivity (Wildman–Crippen MR) is 75.3 cm³/mol. The van der Waals surface area contributed by atoms with Crippen molar-refractivity contribution >= 4 is 5.91 Å². The standard InChI is InChI=1S/C15H19F3N2O2/c16-15(17,18)14(12-5-2-1-3-6-12)22-11-13(21)20-9-4-7-19-8-10-20/h1-3,5-6,14,19H,4,7-11H2. The number of rotatable bonds is 4. The van der Waals surface area contributed by atoms with Crippen molar-refractivity contribution in [3.63, 3.8) is 0 Å². The molecule has 0 radical (unpaired) electrons. The normalized spacial score (nSPS) is 17.9. The van der Waals surface area contributed by atoms with E-state index in [4.69, 9.17) is 4.74 Å². The van der Waals surface area contributed by atoms with Gasteiger partial charge in [0.05, 0.1) is 0 Å². The van der Waals surface area contributed by atoms with Crippen LogP contribution >= 0.6 is 0 Å². The highest BCUT2D eigenvalue weighted by Crippen LogP contribution is 2.35. The van der Waals surface area contributed by atoms with Crippen molar-refractivity contribution in [2.45, 2.75) is 18.7 Å². The van der Waals surface area contributed by atoms with Gasteiger partial charge in [-0.2, -0.15) is 13.2 Å². The molecule has 0 bridgehead atoms. The quantitative estimate of drug-likeness (QED) is 0.925. The van der Waals surface area contributed by atoms with E-state index in [0.717, 1.165) is 13.0 Å². The van der Waals surface area contributed by atoms with Gasteiger partial charge in [-0.25, -0.2) is 0 Å². The van der Waals surface area contributed by atoms with Gasteiger partial charge in [-0.15, -0.1) is 0 Å². The van der Waals surface area contributed by atoms with Gasteiger partial charge in [0.25, 0.3) is 0 Å². The van der Waals surface area contributed by atoms with Crippen LogP contribution in [-0.4, -0.2) is 49.8 Å². The molecule has 1 fully saturated rings. The molecule has 1 unspecified atom stereocenters. The Bertz CT molecular complexity index is 471. The Kier molecular flexibility index (Phi) is 5.79. The van der Waals surface area contributed by atoms with Gasteiger partial charge in [0.15, 0.2) is 6.10 Å². The Balaban J connectivity index is 1.98. The average Bonchev–Trinajstić information content (AvgIpc) is 2.76. The molecule has 7 heteroatoms. The summed E-state index contributed by atoms with van der Waals surface area (Å²) in [7, 11) is 0. The third-order valence-electron chi connectivity index (χ3n) is 3.47. The number of carbonyl (C=O) groups is 1. The molecule has 1 aromatic rings. The minimum Gasteiger partial charge on any atom is -0.354 e. The van der Waals surface area contributed by atoms with Crippen molar-refractivity contribution in [3.05, 3.63) is 35.9 Å². The van der Waals surface area contributed by atoms with Crippen molar-refractivity contribution in [1.82, 2.24) is 10.2 Å². The maximum atomic E-state index is 13.1. The van der Waals surface area contributed by atoms with Gasteiger partial charge in [-0.3, -0.25) is 4.79 Å². The minimum absolute atomic E-state index is 0.000308. The molecular weight excluding hydrogens is 297 g/mol. The average molecular weight is 316 g/mol. The van der Waals surface area contributed by atoms with Crippen LogP contribution in [0.25, 0.3) is 0 Å². The SMILES string of the molecule is O=C(COC(c1ccccc1)C(F)(F)F)N1CCCNCC1. The molecule has 1 atom stereocenters. The molecule has 1 amide bonds. The summed E-state index contributed by atoms with van der Waals surface area (Å²) in [6, 6.07) is 7.35. The molecule has 0 saturated carbocycles. The van der Waals surface area contributed by atoms with Crippen LogP contribution in [0.4, 0.5) is 13.2 Å². The van der Waals surface area contributed by atoms with E-state index in [2.05, 4.69) is 5.32 Å². The first-order valence-electron chi connectivity index (χ1n) is 7.20. The topological polar surface area (TPSA) is 41.6 Å². The summed E-state index contributed by atoms with van der Waals surface area (Å²) in [5.41, 5.74) is 0.000308. The van der Waals surface area contributed by atoms with Crippen molar-refractivity contribution in [2.24, 2.45) is 0 Å². The van der Waals surface area contributed by atoms with Gasteiger partial charge in [-0.05, 0) is 18.5 Å². The number of hydrogen-bond acceptors (Lipinski definition) is 3. The van der Waals surface area contributed by atoms with Gasteiger partial charge in [0.1, 0.15) is 6.61 Å². The maximum absolute atomic E-state index is 13.1. The lowest BCUT2D eigenvalue weighted by molar-refractivity contribution is -0.224. The molecule has 1 N–H and O–H groups in total. The van der Waals surface area contributed by atoms with Crippen molar-refractivity contribution < 1.29 is 22.7 Å². The fourth-order valence-corrected chi connectivity index (χ4v) is 2.35. The van der Waals surface area contributed by atoms with E-state index in [1.807, 2.05) is 0 Å². The Morgan fingerprint density at radius 2 is 1.95 bits per heavy atom. The second-order valence-electron chi connectivity index (χ2n) is 5.13. The summed E-state index contributed by atoms with van der Waals surface area (Å²) in [6.45, 7) is 1.91. The van der Waals surface area contributed by atoms with E-state index in [0.29, 0.717) is 19.6 Å². The van der Waals surface area contributed by atoms with E-state index in [-0.39, 0.29) is 5.56 Å². The molecule has 1 aliphatic rings. The maximum Gasteiger partial charge on any atom is 0.418 e. The molecule has 122 valence electrons. The van der Waals surface area contributed by atoms with Crippen LogP contribution in [0.3, 0.4) is 0 Å². The molecule has 1 saturated heterocycles. The predicted octanol–water partition coefficient (Wildman–Crippen LogP) is 2.13. The van der Waals surface area contributed by atoms with Crippen LogP contribution in [0.1, 0.15) is 18.1 Å². The van der Waals surface area contributed by atoms with Crippen LogP contribution in [-0.2, 0) is 9.53 Å². The van der Waals surface area contributed by atoms with Gasteiger partial charge >= 0.3 is 6.18 Å². The zero-order valence-electron chi connectivity index (χ0n) is 12.1. The largest absolute Gasteiger partial charge is 0.418 e. The first kappa shape index (κ1) is 16.8. The highest BCUT2D eigenvalue weighted by molar-refractivity contribution is 5.77. The molecule has 22 heavy (non-hydrogen) atoms. The monoisotopic (exact) mass is 316 g/mol. The van der Waals surface area contributed by atoms with Crippen molar-refractivity contribution in [2.75, 3.05) is 32.8 Å². The Morgan fingerprint density at radius 3 is 2.64 bits per heavy atom. The van der Waals surface area contributed by atoms with Crippen LogP contribution in [0.5, 0.6) is 0 Å². The molecular formula is C15H19F3N2O2. The molecule has 4 nitrogen and oxygen atoms in total. The van der Waals surface area contributed by atoms with Crippen molar-refractivity contribution in [3.8, 4) is 0 Å². The summed E-state index contributed by atoms with van der Waals surface area (Å²) in [6.07, 6.45) is -5.85. The lowest BCUT2D eigenvalue weighted by Gasteiger charge is -2.24. The number of benzene rings is 1. The third kappa shape index (κ3) is 4.71. The molecule has 0 spiro atoms. The molecule has 0 aromatic heterocycles. The summed E-state index contributed by atoms with van der Waals surface area (Å²) in [5, 5.41) is 3.13. The van der Waals surface area contributed by atoms with E-state index < -0.39 is 24.8 Å². The van der Waals surface area contributed by atoms with E-state index >= 15 is 0 Å². The van der Waals surface area contributed by atoms with E-state index in [9.17, 15) is 18.0 Å². The van der Waals surface area contributed by atoms with Crippen LogP contribution < -0.4 is 5.32 Å². The molecule has 2 rings (SSSR count). The molecule has 1 aliphatic heterocycles. The Hall–Kier alpha value is -1.60. The van der Waals surface area contributed by atoms with Crippen molar-refractivity contribution in [1.29, 1.82) is 0 Å². The lowest BCUT2D eigenvalue weighted by Crippen LogP contribution is -2.38. The van der Waals surface area contributed by atoms with Crippen LogP contribution in [0.15, 0.2) is 30.3 Å². The number of hydrogen-bond donors (Lipinski definition) is 1. The summed E-state index contributed by atoms with van der Waals surface area (Å²) < 4.78 is 44.2. The number of carbonyl (C=O) groups excluding carboxylic acids is 1. The zero-order chi connectivity index (χ0) is 16.0.